The molecular weight excluding hydrogens is 374 g/mol. The largest absolute Gasteiger partial charge is 0.504 e. The topological polar surface area (TPSA) is 33.1 Å². The Morgan fingerprint density at radius 1 is 0.920 bits per heavy atom. The fourth-order valence-electron chi connectivity index (χ4n) is 2.28. The fraction of sp³-hybridized carbons (Fsp3) is 0.0556. The molecule has 0 radical (unpaired) electrons. The predicted octanol–water partition coefficient (Wildman–Crippen LogP) is 6.44. The van der Waals surface area contributed by atoms with Gasteiger partial charge in [0.25, 0.3) is 0 Å². The number of alkyl halides is 3. The predicted molar refractivity (Wildman–Crippen MR) is 93.8 cm³/mol. The van der Waals surface area contributed by atoms with Crippen LogP contribution < -0.4 is 0 Å². The van der Waals surface area contributed by atoms with Gasteiger partial charge in [-0.1, -0.05) is 41.4 Å². The van der Waals surface area contributed by atoms with E-state index in [2.05, 4.69) is 4.98 Å². The first kappa shape index (κ1) is 17.6. The maximum Gasteiger partial charge on any atom is 0.416 e. The third-order valence-electron chi connectivity index (χ3n) is 3.56. The second kappa shape index (κ2) is 6.58. The van der Waals surface area contributed by atoms with Crippen molar-refractivity contribution in [3.05, 3.63) is 69.3 Å². The minimum absolute atomic E-state index is 0.0915. The molecule has 3 rings (SSSR count). The second-order valence-electron chi connectivity index (χ2n) is 5.27. The summed E-state index contributed by atoms with van der Waals surface area (Å²) < 4.78 is 37.6. The number of fused-ring (bicyclic) bond motifs is 1. The van der Waals surface area contributed by atoms with Crippen LogP contribution in [-0.4, -0.2) is 10.1 Å². The van der Waals surface area contributed by atoms with Crippen molar-refractivity contribution in [1.82, 2.24) is 4.98 Å². The summed E-state index contributed by atoms with van der Waals surface area (Å²) in [7, 11) is 0. The van der Waals surface area contributed by atoms with Gasteiger partial charge in [0.2, 0.25) is 0 Å². The lowest BCUT2D eigenvalue weighted by Gasteiger charge is -2.06. The molecule has 3 aromatic rings. The Kier molecular flexibility index (Phi) is 4.62. The number of phenolic OH excluding ortho intramolecular Hbond substituents is 1. The van der Waals surface area contributed by atoms with Gasteiger partial charge >= 0.3 is 6.18 Å². The molecule has 0 amide bonds. The van der Waals surface area contributed by atoms with Crippen molar-refractivity contribution in [3.63, 3.8) is 0 Å². The Balaban J connectivity index is 1.92. The third kappa shape index (κ3) is 3.72. The number of aromatic nitrogens is 1. The number of nitrogens with zero attached hydrogens (tertiary/aromatic N) is 1. The van der Waals surface area contributed by atoms with Crippen LogP contribution in [0.25, 0.3) is 23.1 Å². The van der Waals surface area contributed by atoms with Crippen LogP contribution in [0.2, 0.25) is 10.0 Å². The first-order chi connectivity index (χ1) is 11.8. The molecule has 1 N–H and O–H groups in total. The molecule has 1 aromatic heterocycles. The Bertz CT molecular complexity index is 967. The molecule has 25 heavy (non-hydrogen) atoms. The van der Waals surface area contributed by atoms with E-state index in [1.54, 1.807) is 24.3 Å². The standard InChI is InChI=1S/C18H10Cl2F3NO/c19-14-9-15(20)17(25)16-13(14)8-7-12(24-16)6-3-10-1-4-11(5-2-10)18(21,22)23/h1-9,25H/b6-3+. The zero-order valence-electron chi connectivity index (χ0n) is 12.5. The van der Waals surface area contributed by atoms with Crippen molar-refractivity contribution in [2.24, 2.45) is 0 Å². The lowest BCUT2D eigenvalue weighted by Crippen LogP contribution is -2.03. The maximum atomic E-state index is 12.5. The van der Waals surface area contributed by atoms with Gasteiger partial charge in [-0.25, -0.2) is 4.98 Å². The van der Waals surface area contributed by atoms with Crippen LogP contribution in [0.1, 0.15) is 16.8 Å². The van der Waals surface area contributed by atoms with Gasteiger partial charge in [0, 0.05) is 5.39 Å². The Morgan fingerprint density at radius 2 is 1.60 bits per heavy atom. The van der Waals surface area contributed by atoms with Gasteiger partial charge < -0.3 is 5.11 Å². The van der Waals surface area contributed by atoms with E-state index in [4.69, 9.17) is 23.2 Å². The summed E-state index contributed by atoms with van der Waals surface area (Å²) in [4.78, 5) is 4.28. The number of rotatable bonds is 2. The van der Waals surface area contributed by atoms with Crippen molar-refractivity contribution in [1.29, 1.82) is 0 Å². The summed E-state index contributed by atoms with van der Waals surface area (Å²) in [6.07, 6.45) is -1.12. The zero-order chi connectivity index (χ0) is 18.2. The van der Waals surface area contributed by atoms with Crippen LogP contribution in [0.4, 0.5) is 13.2 Å². The third-order valence-corrected chi connectivity index (χ3v) is 4.16. The van der Waals surface area contributed by atoms with Crippen LogP contribution >= 0.6 is 23.2 Å². The number of halogens is 5. The van der Waals surface area contributed by atoms with E-state index >= 15 is 0 Å². The maximum absolute atomic E-state index is 12.5. The number of phenols is 1. The summed E-state index contributed by atoms with van der Waals surface area (Å²) in [6.45, 7) is 0. The lowest BCUT2D eigenvalue weighted by molar-refractivity contribution is -0.137. The number of benzene rings is 2. The van der Waals surface area contributed by atoms with Gasteiger partial charge in [0.15, 0.2) is 5.75 Å². The molecule has 0 saturated heterocycles. The number of pyridine rings is 1. The summed E-state index contributed by atoms with van der Waals surface area (Å²) in [6, 6.07) is 9.56. The summed E-state index contributed by atoms with van der Waals surface area (Å²) in [5, 5.41) is 11.0. The molecule has 0 atom stereocenters. The smallest absolute Gasteiger partial charge is 0.416 e. The summed E-state index contributed by atoms with van der Waals surface area (Å²) in [5.41, 5.74) is 0.638. The Labute approximate surface area is 151 Å². The van der Waals surface area contributed by atoms with E-state index in [0.717, 1.165) is 12.1 Å². The number of aromatic hydroxyl groups is 1. The highest BCUT2D eigenvalue weighted by Crippen LogP contribution is 2.36. The lowest BCUT2D eigenvalue weighted by atomic mass is 10.1. The van der Waals surface area contributed by atoms with E-state index < -0.39 is 11.7 Å². The van der Waals surface area contributed by atoms with E-state index in [9.17, 15) is 18.3 Å². The molecular formula is C18H10Cl2F3NO. The van der Waals surface area contributed by atoms with E-state index in [1.165, 1.54) is 18.2 Å². The molecule has 0 aliphatic rings. The highest BCUT2D eigenvalue weighted by atomic mass is 35.5. The molecule has 7 heteroatoms. The molecule has 0 unspecified atom stereocenters. The molecule has 2 nitrogen and oxygen atoms in total. The van der Waals surface area contributed by atoms with Crippen molar-refractivity contribution >= 4 is 46.3 Å². The molecule has 128 valence electrons. The summed E-state index contributed by atoms with van der Waals surface area (Å²) in [5.74, 6) is -0.175. The van der Waals surface area contributed by atoms with Gasteiger partial charge in [-0.3, -0.25) is 0 Å². The fourth-order valence-corrected chi connectivity index (χ4v) is 2.79. The first-order valence-electron chi connectivity index (χ1n) is 7.09. The van der Waals surface area contributed by atoms with E-state index in [-0.39, 0.29) is 16.3 Å². The van der Waals surface area contributed by atoms with Crippen LogP contribution in [-0.2, 0) is 6.18 Å². The van der Waals surface area contributed by atoms with Crippen LogP contribution in [0, 0.1) is 0 Å². The monoisotopic (exact) mass is 383 g/mol. The number of hydrogen-bond acceptors (Lipinski definition) is 2. The molecule has 0 aliphatic heterocycles. The average molecular weight is 384 g/mol. The molecule has 0 fully saturated rings. The van der Waals surface area contributed by atoms with Gasteiger partial charge in [-0.15, -0.1) is 0 Å². The van der Waals surface area contributed by atoms with Crippen LogP contribution in [0.3, 0.4) is 0 Å². The van der Waals surface area contributed by atoms with Crippen LogP contribution in [0.5, 0.6) is 5.75 Å². The zero-order valence-corrected chi connectivity index (χ0v) is 14.0. The van der Waals surface area contributed by atoms with E-state index in [0.29, 0.717) is 21.7 Å². The normalized spacial score (nSPS) is 12.2. The molecule has 0 bridgehead atoms. The van der Waals surface area contributed by atoms with Crippen molar-refractivity contribution in [2.75, 3.05) is 0 Å². The number of hydrogen-bond donors (Lipinski definition) is 1. The molecule has 1 heterocycles. The van der Waals surface area contributed by atoms with Crippen molar-refractivity contribution in [2.45, 2.75) is 6.18 Å². The van der Waals surface area contributed by atoms with Crippen molar-refractivity contribution in [3.8, 4) is 5.75 Å². The average Bonchev–Trinajstić information content (AvgIpc) is 2.57. The Hall–Kier alpha value is -2.24. The van der Waals surface area contributed by atoms with Gasteiger partial charge in [0.05, 0.1) is 21.3 Å². The minimum Gasteiger partial charge on any atom is -0.504 e. The SMILES string of the molecule is Oc1c(Cl)cc(Cl)c2ccc(/C=C/c3ccc(C(F)(F)F)cc3)nc12. The first-order valence-corrected chi connectivity index (χ1v) is 7.84. The van der Waals surface area contributed by atoms with Crippen LogP contribution in [0.15, 0.2) is 42.5 Å². The summed E-state index contributed by atoms with van der Waals surface area (Å²) >= 11 is 12.0. The quantitative estimate of drug-likeness (QED) is 0.552. The van der Waals surface area contributed by atoms with E-state index in [1.807, 2.05) is 0 Å². The highest BCUT2D eigenvalue weighted by molar-refractivity contribution is 6.39. The molecule has 0 spiro atoms. The molecule has 2 aromatic carbocycles. The van der Waals surface area contributed by atoms with Gasteiger partial charge in [0.1, 0.15) is 5.52 Å². The second-order valence-corrected chi connectivity index (χ2v) is 6.09. The highest BCUT2D eigenvalue weighted by Gasteiger charge is 2.29. The minimum atomic E-state index is -4.36. The molecule has 0 saturated carbocycles. The van der Waals surface area contributed by atoms with Crippen molar-refractivity contribution < 1.29 is 18.3 Å². The van der Waals surface area contributed by atoms with Gasteiger partial charge in [-0.2, -0.15) is 13.2 Å². The Morgan fingerprint density at radius 3 is 2.24 bits per heavy atom. The van der Waals surface area contributed by atoms with Gasteiger partial charge in [-0.05, 0) is 42.0 Å². The molecule has 0 aliphatic carbocycles.